The van der Waals surface area contributed by atoms with Gasteiger partial charge in [-0.25, -0.2) is 8.42 Å². The molecular formula is C15H16N4O3S3. The van der Waals surface area contributed by atoms with Crippen molar-refractivity contribution in [3.63, 3.8) is 0 Å². The van der Waals surface area contributed by atoms with Crippen LogP contribution in [-0.2, 0) is 14.6 Å². The van der Waals surface area contributed by atoms with Crippen LogP contribution >= 0.6 is 23.1 Å². The maximum absolute atomic E-state index is 12.8. The van der Waals surface area contributed by atoms with Gasteiger partial charge in [-0.3, -0.25) is 4.79 Å². The van der Waals surface area contributed by atoms with Crippen LogP contribution < -0.4 is 10.2 Å². The lowest BCUT2D eigenvalue weighted by atomic mass is 10.2. The summed E-state index contributed by atoms with van der Waals surface area (Å²) in [6, 6.07) is 8.59. The Morgan fingerprint density at radius 1 is 1.36 bits per heavy atom. The van der Waals surface area contributed by atoms with Crippen LogP contribution in [0.1, 0.15) is 0 Å². The highest BCUT2D eigenvalue weighted by molar-refractivity contribution is 8.01. The molecular weight excluding hydrogens is 380 g/mol. The molecule has 2 heterocycles. The van der Waals surface area contributed by atoms with E-state index in [1.54, 1.807) is 25.3 Å². The summed E-state index contributed by atoms with van der Waals surface area (Å²) in [5, 5.41) is 12.7. The molecule has 132 valence electrons. The van der Waals surface area contributed by atoms with Gasteiger partial charge in [0.05, 0.1) is 17.5 Å². The zero-order chi connectivity index (χ0) is 17.9. The Morgan fingerprint density at radius 2 is 2.12 bits per heavy atom. The number of amides is 1. The minimum absolute atomic E-state index is 0.0962. The van der Waals surface area contributed by atoms with Crippen molar-refractivity contribution in [3.05, 3.63) is 41.8 Å². The Hall–Kier alpha value is -1.91. The van der Waals surface area contributed by atoms with Crippen LogP contribution in [0.2, 0.25) is 0 Å². The Labute approximate surface area is 154 Å². The Bertz CT molecular complexity index is 880. The number of rotatable bonds is 6. The number of thioether (sulfide) groups is 1. The number of aromatic nitrogens is 2. The van der Waals surface area contributed by atoms with E-state index in [0.29, 0.717) is 15.2 Å². The topological polar surface area (TPSA) is 92.3 Å². The van der Waals surface area contributed by atoms with Crippen LogP contribution in [0.5, 0.6) is 0 Å². The van der Waals surface area contributed by atoms with Crippen LogP contribution in [-0.4, -0.2) is 49.1 Å². The average Bonchev–Trinajstić information content (AvgIpc) is 3.20. The molecule has 1 atom stereocenters. The maximum Gasteiger partial charge on any atom is 0.238 e. The number of hydrogen-bond donors (Lipinski definition) is 1. The van der Waals surface area contributed by atoms with Gasteiger partial charge in [0.1, 0.15) is 0 Å². The van der Waals surface area contributed by atoms with E-state index < -0.39 is 15.9 Å². The third-order valence-corrected chi connectivity index (χ3v) is 6.92. The second kappa shape index (κ2) is 7.54. The molecule has 0 radical (unpaired) electrons. The van der Waals surface area contributed by atoms with E-state index in [-0.39, 0.29) is 17.4 Å². The number of para-hydroxylation sites is 1. The minimum Gasteiger partial charge on any atom is -0.363 e. The third-order valence-electron chi connectivity index (χ3n) is 3.49. The molecule has 10 heteroatoms. The van der Waals surface area contributed by atoms with Crippen molar-refractivity contribution in [3.8, 4) is 0 Å². The van der Waals surface area contributed by atoms with Gasteiger partial charge >= 0.3 is 0 Å². The van der Waals surface area contributed by atoms with Crippen LogP contribution in [0.3, 0.4) is 0 Å². The molecule has 0 unspecified atom stereocenters. The molecule has 0 spiro atoms. The molecule has 25 heavy (non-hydrogen) atoms. The summed E-state index contributed by atoms with van der Waals surface area (Å²) in [7, 11) is -1.50. The van der Waals surface area contributed by atoms with Crippen molar-refractivity contribution in [1.82, 2.24) is 10.2 Å². The van der Waals surface area contributed by atoms with E-state index in [0.717, 1.165) is 0 Å². The number of benzene rings is 1. The summed E-state index contributed by atoms with van der Waals surface area (Å²) < 4.78 is 24.2. The molecule has 0 saturated heterocycles. The highest BCUT2D eigenvalue weighted by atomic mass is 32.2. The van der Waals surface area contributed by atoms with Gasteiger partial charge in [-0.05, 0) is 18.2 Å². The molecule has 7 nitrogen and oxygen atoms in total. The van der Waals surface area contributed by atoms with E-state index in [4.69, 9.17) is 0 Å². The molecule has 0 bridgehead atoms. The summed E-state index contributed by atoms with van der Waals surface area (Å²) in [6.07, 6.45) is 1.56. The van der Waals surface area contributed by atoms with Gasteiger partial charge < -0.3 is 10.2 Å². The average molecular weight is 397 g/mol. The predicted molar refractivity (Wildman–Crippen MR) is 101 cm³/mol. The first-order chi connectivity index (χ1) is 12.0. The summed E-state index contributed by atoms with van der Waals surface area (Å²) in [6.45, 7) is 0. The Kier molecular flexibility index (Phi) is 5.40. The normalized spacial score (nSPS) is 18.2. The standard InChI is InChI=1S/C15H16N4O3S3/c1-16-14-17-18-15(24-14)23-9-13(20)19(11-5-3-2-4-6-11)12-7-8-25(21,22)10-12/h2-8,12H,9-10H2,1H3,(H,16,17)/t12-/m0/s1. The summed E-state index contributed by atoms with van der Waals surface area (Å²) in [5.41, 5.74) is 0.674. The number of nitrogens with one attached hydrogen (secondary N) is 1. The van der Waals surface area contributed by atoms with E-state index in [1.165, 1.54) is 33.4 Å². The summed E-state index contributed by atoms with van der Waals surface area (Å²) >= 11 is 2.65. The van der Waals surface area contributed by atoms with Crippen molar-refractivity contribution >= 4 is 49.7 Å². The molecule has 1 aliphatic heterocycles. The van der Waals surface area contributed by atoms with Crippen LogP contribution in [0, 0.1) is 0 Å². The number of hydrogen-bond acceptors (Lipinski definition) is 8. The molecule has 3 rings (SSSR count). The van der Waals surface area contributed by atoms with Crippen LogP contribution in [0.25, 0.3) is 0 Å². The van der Waals surface area contributed by atoms with Crippen LogP contribution in [0.15, 0.2) is 46.2 Å². The number of anilines is 2. The van der Waals surface area contributed by atoms with Gasteiger partial charge in [-0.15, -0.1) is 10.2 Å². The lowest BCUT2D eigenvalue weighted by Crippen LogP contribution is -2.42. The SMILES string of the molecule is CNc1nnc(SCC(=O)N(c2ccccc2)[C@H]2C=CS(=O)(=O)C2)s1. The smallest absolute Gasteiger partial charge is 0.238 e. The van der Waals surface area contributed by atoms with Gasteiger partial charge in [0.25, 0.3) is 0 Å². The van der Waals surface area contributed by atoms with E-state index in [2.05, 4.69) is 15.5 Å². The zero-order valence-electron chi connectivity index (χ0n) is 13.3. The van der Waals surface area contributed by atoms with E-state index >= 15 is 0 Å². The lowest BCUT2D eigenvalue weighted by molar-refractivity contribution is -0.116. The number of nitrogens with zero attached hydrogens (tertiary/aromatic N) is 3. The lowest BCUT2D eigenvalue weighted by Gasteiger charge is -2.27. The number of sulfone groups is 1. The molecule has 1 aliphatic rings. The van der Waals surface area contributed by atoms with Crippen molar-refractivity contribution in [1.29, 1.82) is 0 Å². The first-order valence-electron chi connectivity index (χ1n) is 7.40. The fourth-order valence-corrected chi connectivity index (χ4v) is 5.22. The molecule has 0 aliphatic carbocycles. The minimum atomic E-state index is -3.26. The zero-order valence-corrected chi connectivity index (χ0v) is 15.8. The molecule has 1 amide bonds. The van der Waals surface area contributed by atoms with Gasteiger partial charge in [0.15, 0.2) is 14.2 Å². The molecule has 1 N–H and O–H groups in total. The first-order valence-corrected chi connectivity index (χ1v) is 10.9. The molecule has 0 saturated carbocycles. The van der Waals surface area contributed by atoms with Gasteiger partial charge in [-0.1, -0.05) is 41.3 Å². The van der Waals surface area contributed by atoms with Crippen molar-refractivity contribution in [2.45, 2.75) is 10.4 Å². The number of carbonyl (C=O) groups excluding carboxylic acids is 1. The Morgan fingerprint density at radius 3 is 2.72 bits per heavy atom. The van der Waals surface area contributed by atoms with E-state index in [1.807, 2.05) is 18.2 Å². The van der Waals surface area contributed by atoms with Gasteiger partial charge in [0.2, 0.25) is 11.0 Å². The van der Waals surface area contributed by atoms with Crippen molar-refractivity contribution in [2.24, 2.45) is 0 Å². The largest absolute Gasteiger partial charge is 0.363 e. The van der Waals surface area contributed by atoms with E-state index in [9.17, 15) is 13.2 Å². The molecule has 0 fully saturated rings. The maximum atomic E-state index is 12.8. The van der Waals surface area contributed by atoms with Crippen LogP contribution in [0.4, 0.5) is 10.8 Å². The van der Waals surface area contributed by atoms with Crippen molar-refractivity contribution in [2.75, 3.05) is 28.8 Å². The Balaban J connectivity index is 1.77. The third kappa shape index (κ3) is 4.39. The second-order valence-corrected chi connectivity index (χ2v) is 9.37. The second-order valence-electron chi connectivity index (χ2n) is 5.24. The van der Waals surface area contributed by atoms with Gasteiger partial charge in [-0.2, -0.15) is 0 Å². The molecule has 1 aromatic heterocycles. The quantitative estimate of drug-likeness (QED) is 0.747. The predicted octanol–water partition coefficient (Wildman–Crippen LogP) is 2.02. The molecule has 1 aromatic carbocycles. The summed E-state index contributed by atoms with van der Waals surface area (Å²) in [5.74, 6) is -0.122. The summed E-state index contributed by atoms with van der Waals surface area (Å²) in [4.78, 5) is 14.3. The number of carbonyl (C=O) groups is 1. The highest BCUT2D eigenvalue weighted by Gasteiger charge is 2.31. The monoisotopic (exact) mass is 396 g/mol. The first kappa shape index (κ1) is 17.9. The fraction of sp³-hybridized carbons (Fsp3) is 0.267. The molecule has 2 aromatic rings. The van der Waals surface area contributed by atoms with Crippen molar-refractivity contribution < 1.29 is 13.2 Å². The highest BCUT2D eigenvalue weighted by Crippen LogP contribution is 2.28. The van der Waals surface area contributed by atoms with Gasteiger partial charge in [0, 0.05) is 18.1 Å². The fourth-order valence-electron chi connectivity index (χ4n) is 2.39.